The second kappa shape index (κ2) is 55.8. The van der Waals surface area contributed by atoms with Gasteiger partial charge in [-0.05, 0) is 76.7 Å². The number of quaternary nitrogens is 1. The highest BCUT2D eigenvalue weighted by atomic mass is 31.2. The lowest BCUT2D eigenvalue weighted by Crippen LogP contribution is -2.47. The average molecular weight is 1090 g/mol. The van der Waals surface area contributed by atoms with Crippen molar-refractivity contribution in [3.63, 3.8) is 0 Å². The molecule has 442 valence electrons. The number of nitrogens with one attached hydrogen (secondary N) is 1. The third-order valence-corrected chi connectivity index (χ3v) is 14.9. The second-order valence-electron chi connectivity index (χ2n) is 22.5. The Kier molecular flexibility index (Phi) is 53.9. The van der Waals surface area contributed by atoms with Gasteiger partial charge in [0.2, 0.25) is 5.91 Å². The fraction of sp³-hybridized carbons (Fsp3) is 0.788. The number of ether oxygens (including phenoxy) is 1. The lowest BCUT2D eigenvalue weighted by Gasteiger charge is -2.30. The van der Waals surface area contributed by atoms with Crippen LogP contribution in [0, 0.1) is 0 Å². The number of carbonyl (C=O) groups is 2. The number of likely N-dealkylation sites (N-methyl/N-ethyl adjacent to an activating group) is 1. The summed E-state index contributed by atoms with van der Waals surface area (Å²) in [4.78, 5) is 40.0. The first kappa shape index (κ1) is 73.5. The Labute approximate surface area is 470 Å². The number of amides is 1. The van der Waals surface area contributed by atoms with Crippen LogP contribution >= 0.6 is 7.82 Å². The maximum absolute atomic E-state index is 13.5. The molecule has 0 aromatic heterocycles. The molecule has 76 heavy (non-hydrogen) atoms. The van der Waals surface area contributed by atoms with Crippen LogP contribution in [0.5, 0.6) is 0 Å². The van der Waals surface area contributed by atoms with E-state index in [1.807, 2.05) is 33.3 Å². The zero-order valence-corrected chi connectivity index (χ0v) is 51.3. The quantitative estimate of drug-likeness (QED) is 0.0212. The monoisotopic (exact) mass is 1080 g/mol. The fourth-order valence-corrected chi connectivity index (χ4v) is 9.74. The number of hydrogen-bond donors (Lipinski definition) is 1. The van der Waals surface area contributed by atoms with Gasteiger partial charge in [-0.15, -0.1) is 0 Å². The Bertz CT molecular complexity index is 1530. The van der Waals surface area contributed by atoms with Gasteiger partial charge in [0, 0.05) is 12.8 Å². The fourth-order valence-electron chi connectivity index (χ4n) is 9.02. The summed E-state index contributed by atoms with van der Waals surface area (Å²) >= 11 is 0. The van der Waals surface area contributed by atoms with Crippen molar-refractivity contribution in [2.24, 2.45) is 0 Å². The van der Waals surface area contributed by atoms with Gasteiger partial charge in [-0.25, -0.2) is 0 Å². The van der Waals surface area contributed by atoms with Crippen molar-refractivity contribution in [3.8, 4) is 0 Å². The largest absolute Gasteiger partial charge is 0.756 e. The molecule has 0 aliphatic carbocycles. The maximum Gasteiger partial charge on any atom is 0.306 e. The number of phosphoric acid groups is 1. The number of carbonyl (C=O) groups excluding carboxylic acids is 2. The molecule has 0 aliphatic heterocycles. The maximum atomic E-state index is 13.5. The lowest BCUT2D eigenvalue weighted by atomic mass is 10.0. The topological polar surface area (TPSA) is 114 Å². The third-order valence-electron chi connectivity index (χ3n) is 13.9. The molecule has 0 radical (unpaired) electrons. The number of nitrogens with zero attached hydrogens (tertiary/aromatic N) is 1. The van der Waals surface area contributed by atoms with Crippen LogP contribution in [0.25, 0.3) is 0 Å². The van der Waals surface area contributed by atoms with Crippen LogP contribution in [-0.2, 0) is 27.9 Å². The summed E-state index contributed by atoms with van der Waals surface area (Å²) in [6.45, 7) is 6.73. The van der Waals surface area contributed by atoms with E-state index in [1.54, 1.807) is 0 Å². The molecule has 0 aliphatic rings. The molecule has 0 rings (SSSR count). The molecule has 9 nitrogen and oxygen atoms in total. The van der Waals surface area contributed by atoms with Gasteiger partial charge in [-0.3, -0.25) is 14.2 Å². The average Bonchev–Trinajstić information content (AvgIpc) is 3.38. The van der Waals surface area contributed by atoms with E-state index in [2.05, 4.69) is 86.8 Å². The Balaban J connectivity index is 5.11. The summed E-state index contributed by atoms with van der Waals surface area (Å²) in [5, 5.41) is 3.03. The van der Waals surface area contributed by atoms with Gasteiger partial charge in [0.05, 0.1) is 33.8 Å². The summed E-state index contributed by atoms with van der Waals surface area (Å²) in [7, 11) is 1.18. The van der Waals surface area contributed by atoms with Gasteiger partial charge in [-0.1, -0.05) is 267 Å². The van der Waals surface area contributed by atoms with Gasteiger partial charge >= 0.3 is 5.97 Å². The molecule has 3 unspecified atom stereocenters. The van der Waals surface area contributed by atoms with Crippen LogP contribution in [0.4, 0.5) is 0 Å². The van der Waals surface area contributed by atoms with Gasteiger partial charge in [-0.2, -0.15) is 0 Å². The van der Waals surface area contributed by atoms with Crippen molar-refractivity contribution in [2.75, 3.05) is 40.9 Å². The highest BCUT2D eigenvalue weighted by Crippen LogP contribution is 2.38. The van der Waals surface area contributed by atoms with Crippen LogP contribution in [0.3, 0.4) is 0 Å². The number of rotatable bonds is 57. The Hall–Kier alpha value is -2.55. The van der Waals surface area contributed by atoms with Crippen LogP contribution in [0.15, 0.2) is 72.9 Å². The molecule has 10 heteroatoms. The minimum Gasteiger partial charge on any atom is -0.756 e. The van der Waals surface area contributed by atoms with E-state index < -0.39 is 20.0 Å². The molecule has 0 bridgehead atoms. The highest BCUT2D eigenvalue weighted by molar-refractivity contribution is 7.45. The molecule has 0 saturated carbocycles. The SMILES string of the molecule is CC/C=C\C/C=C\C/C=C\C/C=C\C/C=C\CCCCCCCCCCCC(=O)OC(/C=C\CCCCCCCCCCC)C(COP(=O)([O-])OCC[N+](C)(C)C)NC(=O)CCCCCCCCCCCCCCCC. The van der Waals surface area contributed by atoms with Crippen molar-refractivity contribution in [1.82, 2.24) is 5.32 Å². The van der Waals surface area contributed by atoms with Crippen molar-refractivity contribution < 1.29 is 37.3 Å². The van der Waals surface area contributed by atoms with Gasteiger partial charge < -0.3 is 28.5 Å². The predicted molar refractivity (Wildman–Crippen MR) is 325 cm³/mol. The number of phosphoric ester groups is 1. The van der Waals surface area contributed by atoms with E-state index in [0.29, 0.717) is 17.4 Å². The summed E-state index contributed by atoms with van der Waals surface area (Å²) in [6, 6.07) is -0.890. The molecule has 1 N–H and O–H groups in total. The smallest absolute Gasteiger partial charge is 0.306 e. The highest BCUT2D eigenvalue weighted by Gasteiger charge is 2.27. The Morgan fingerprint density at radius 1 is 0.474 bits per heavy atom. The van der Waals surface area contributed by atoms with Gasteiger partial charge in [0.15, 0.2) is 0 Å². The number of unbranched alkanes of at least 4 members (excludes halogenated alkanes) is 31. The third kappa shape index (κ3) is 56.2. The molecule has 0 aromatic rings. The molecule has 0 heterocycles. The molecule has 3 atom stereocenters. The van der Waals surface area contributed by atoms with E-state index in [0.717, 1.165) is 103 Å². The predicted octanol–water partition coefficient (Wildman–Crippen LogP) is 19.0. The van der Waals surface area contributed by atoms with Crippen molar-refractivity contribution in [3.05, 3.63) is 72.9 Å². The summed E-state index contributed by atoms with van der Waals surface area (Å²) in [5.74, 6) is -0.543. The van der Waals surface area contributed by atoms with E-state index in [4.69, 9.17) is 13.8 Å². The summed E-state index contributed by atoms with van der Waals surface area (Å²) in [6.07, 6.45) is 71.5. The van der Waals surface area contributed by atoms with Gasteiger partial charge in [0.1, 0.15) is 19.3 Å². The first-order valence-electron chi connectivity index (χ1n) is 31.7. The normalized spacial score (nSPS) is 14.1. The number of allylic oxidation sites excluding steroid dienone is 11. The van der Waals surface area contributed by atoms with Gasteiger partial charge in [0.25, 0.3) is 7.82 Å². The first-order valence-corrected chi connectivity index (χ1v) is 33.2. The zero-order chi connectivity index (χ0) is 55.7. The van der Waals surface area contributed by atoms with Crippen LogP contribution in [-0.4, -0.2) is 69.4 Å². The van der Waals surface area contributed by atoms with E-state index >= 15 is 0 Å². The van der Waals surface area contributed by atoms with Crippen LogP contribution in [0.1, 0.15) is 284 Å². The zero-order valence-electron chi connectivity index (χ0n) is 50.4. The minimum atomic E-state index is -4.70. The van der Waals surface area contributed by atoms with Crippen LogP contribution in [0.2, 0.25) is 0 Å². The lowest BCUT2D eigenvalue weighted by molar-refractivity contribution is -0.870. The van der Waals surface area contributed by atoms with E-state index in [-0.39, 0.29) is 31.5 Å². The molecule has 0 saturated heterocycles. The summed E-state index contributed by atoms with van der Waals surface area (Å²) in [5.41, 5.74) is 0. The van der Waals surface area contributed by atoms with E-state index in [1.165, 1.54) is 148 Å². The van der Waals surface area contributed by atoms with E-state index in [9.17, 15) is 19.0 Å². The standard InChI is InChI=1S/C66H121N2O7P/c1-7-10-13-16-19-22-25-27-29-30-31-32-33-34-35-36-37-38-39-41-44-47-50-53-56-59-66(70)75-64(57-54-51-48-45-42-24-21-18-15-12-9-3)63(62-74-76(71,72)73-61-60-68(4,5)6)67-65(69)58-55-52-49-46-43-40-28-26-23-20-17-14-11-8-2/h10,13,19,22,27,29,31-32,34-35,54,57,63-64H,7-9,11-12,14-18,20-21,23-26,28,30,33,36-53,55-56,58-62H2,1-6H3,(H-,67,69,71,72)/b13-10-,22-19-,29-27-,32-31-,35-34-,57-54-. The summed E-state index contributed by atoms with van der Waals surface area (Å²) < 4.78 is 30.3. The number of esters is 1. The second-order valence-corrected chi connectivity index (χ2v) is 23.9. The Morgan fingerprint density at radius 3 is 1.26 bits per heavy atom. The molecule has 1 amide bonds. The Morgan fingerprint density at radius 2 is 0.842 bits per heavy atom. The molecule has 0 fully saturated rings. The van der Waals surface area contributed by atoms with Crippen molar-refractivity contribution in [2.45, 2.75) is 296 Å². The van der Waals surface area contributed by atoms with Crippen LogP contribution < -0.4 is 10.2 Å². The first-order chi connectivity index (χ1) is 36.9. The number of hydrogen-bond acceptors (Lipinski definition) is 7. The molecular weight excluding hydrogens is 964 g/mol. The molecule has 0 spiro atoms. The molecular formula is C66H121N2O7P. The molecule has 0 aromatic carbocycles. The van der Waals surface area contributed by atoms with Crippen molar-refractivity contribution in [1.29, 1.82) is 0 Å². The van der Waals surface area contributed by atoms with Crippen molar-refractivity contribution >= 4 is 19.7 Å². The minimum absolute atomic E-state index is 0.0239.